The van der Waals surface area contributed by atoms with Gasteiger partial charge >= 0.3 is 0 Å². The minimum absolute atomic E-state index is 0.259. The van der Waals surface area contributed by atoms with E-state index in [1.54, 1.807) is 0 Å². The minimum atomic E-state index is -0.828. The van der Waals surface area contributed by atoms with Crippen molar-refractivity contribution in [2.75, 3.05) is 6.61 Å². The Hall–Kier alpha value is -3.52. The molecule has 1 saturated heterocycles. The number of para-hydroxylation sites is 1. The molecule has 0 radical (unpaired) electrons. The molecule has 1 N–H and O–H groups in total. The van der Waals surface area contributed by atoms with Crippen LogP contribution in [0, 0.1) is 0 Å². The average molecular weight is 527 g/mol. The summed E-state index contributed by atoms with van der Waals surface area (Å²) in [7, 11) is 0. The Morgan fingerprint density at radius 1 is 0.513 bits per heavy atom. The van der Waals surface area contributed by atoms with Crippen LogP contribution in [0.3, 0.4) is 0 Å². The smallest absolute Gasteiger partial charge is 0.229 e. The van der Waals surface area contributed by atoms with E-state index in [-0.39, 0.29) is 6.61 Å². The van der Waals surface area contributed by atoms with Crippen molar-refractivity contribution >= 4 is 0 Å². The summed E-state index contributed by atoms with van der Waals surface area (Å²) in [6.45, 7) is 0.763. The molecule has 39 heavy (non-hydrogen) atoms. The molecule has 202 valence electrons. The number of rotatable bonds is 12. The summed E-state index contributed by atoms with van der Waals surface area (Å²) in [4.78, 5) is 0. The second kappa shape index (κ2) is 14.0. The molecule has 1 fully saturated rings. The molecule has 1 aliphatic heterocycles. The summed E-state index contributed by atoms with van der Waals surface area (Å²) in [5, 5.41) is 10.4. The van der Waals surface area contributed by atoms with E-state index in [9.17, 15) is 5.11 Å². The second-order valence-electron chi connectivity index (χ2n) is 9.44. The van der Waals surface area contributed by atoms with Crippen molar-refractivity contribution in [2.45, 2.75) is 50.5 Å². The fraction of sp³-hybridized carbons (Fsp3) is 0.273. The topological polar surface area (TPSA) is 66.4 Å². The molecule has 0 unspecified atom stereocenters. The van der Waals surface area contributed by atoms with Crippen molar-refractivity contribution < 1.29 is 28.8 Å². The van der Waals surface area contributed by atoms with Crippen LogP contribution >= 0.6 is 0 Å². The zero-order chi connectivity index (χ0) is 26.7. The Morgan fingerprint density at radius 3 is 1.38 bits per heavy atom. The summed E-state index contributed by atoms with van der Waals surface area (Å²) in [5.41, 5.74) is 3.05. The van der Waals surface area contributed by atoms with Gasteiger partial charge in [-0.2, -0.15) is 0 Å². The highest BCUT2D eigenvalue weighted by Gasteiger charge is 2.49. The van der Waals surface area contributed by atoms with Crippen molar-refractivity contribution in [3.05, 3.63) is 138 Å². The summed E-state index contributed by atoms with van der Waals surface area (Å²) < 4.78 is 32.1. The molecule has 5 atom stereocenters. The van der Waals surface area contributed by atoms with E-state index in [1.807, 2.05) is 121 Å². The van der Waals surface area contributed by atoms with Crippen LogP contribution in [0.4, 0.5) is 0 Å². The molecular formula is C33H34O6. The molecule has 0 aliphatic carbocycles. The maximum atomic E-state index is 10.4. The van der Waals surface area contributed by atoms with Gasteiger partial charge in [0.1, 0.15) is 30.2 Å². The molecule has 4 aromatic carbocycles. The molecule has 0 bridgehead atoms. The van der Waals surface area contributed by atoms with E-state index in [2.05, 4.69) is 0 Å². The summed E-state index contributed by atoms with van der Waals surface area (Å²) >= 11 is 0. The molecule has 1 heterocycles. The molecule has 1 aliphatic rings. The summed E-state index contributed by atoms with van der Waals surface area (Å²) in [6.07, 6.45) is -3.34. The number of ether oxygens (including phenoxy) is 5. The van der Waals surface area contributed by atoms with Crippen molar-refractivity contribution in [1.29, 1.82) is 0 Å². The number of aliphatic hydroxyl groups is 1. The monoisotopic (exact) mass is 526 g/mol. The second-order valence-corrected chi connectivity index (χ2v) is 9.44. The van der Waals surface area contributed by atoms with Crippen molar-refractivity contribution in [3.8, 4) is 5.75 Å². The van der Waals surface area contributed by atoms with Gasteiger partial charge < -0.3 is 28.8 Å². The van der Waals surface area contributed by atoms with Gasteiger partial charge in [0.15, 0.2) is 0 Å². The predicted molar refractivity (Wildman–Crippen MR) is 148 cm³/mol. The highest BCUT2D eigenvalue weighted by Crippen LogP contribution is 2.32. The van der Waals surface area contributed by atoms with Crippen molar-refractivity contribution in [3.63, 3.8) is 0 Å². The molecule has 4 aromatic rings. The number of hydrogen-bond acceptors (Lipinski definition) is 6. The normalized spacial score (nSPS) is 22.8. The quantitative estimate of drug-likeness (QED) is 0.262. The molecule has 0 amide bonds. The third kappa shape index (κ3) is 7.53. The van der Waals surface area contributed by atoms with Crippen LogP contribution in [-0.2, 0) is 38.8 Å². The Balaban J connectivity index is 1.44. The van der Waals surface area contributed by atoms with E-state index >= 15 is 0 Å². The Morgan fingerprint density at radius 2 is 0.923 bits per heavy atom. The van der Waals surface area contributed by atoms with E-state index in [0.717, 1.165) is 16.7 Å². The molecule has 5 rings (SSSR count). The molecule has 6 nitrogen and oxygen atoms in total. The molecule has 0 saturated carbocycles. The number of benzene rings is 4. The van der Waals surface area contributed by atoms with Gasteiger partial charge in [-0.1, -0.05) is 109 Å². The zero-order valence-corrected chi connectivity index (χ0v) is 21.8. The van der Waals surface area contributed by atoms with Gasteiger partial charge in [0.05, 0.1) is 26.4 Å². The zero-order valence-electron chi connectivity index (χ0n) is 21.8. The van der Waals surface area contributed by atoms with Crippen LogP contribution in [0.5, 0.6) is 5.75 Å². The Labute approximate surface area is 229 Å². The first-order valence-corrected chi connectivity index (χ1v) is 13.2. The van der Waals surface area contributed by atoms with Crippen molar-refractivity contribution in [1.82, 2.24) is 0 Å². The third-order valence-electron chi connectivity index (χ3n) is 6.62. The highest BCUT2D eigenvalue weighted by atomic mass is 16.7. The van der Waals surface area contributed by atoms with Crippen LogP contribution < -0.4 is 4.74 Å². The van der Waals surface area contributed by atoms with Crippen molar-refractivity contribution in [2.24, 2.45) is 0 Å². The first-order chi connectivity index (χ1) is 19.3. The third-order valence-corrected chi connectivity index (χ3v) is 6.62. The number of hydrogen-bond donors (Lipinski definition) is 1. The van der Waals surface area contributed by atoms with Gasteiger partial charge in [0.2, 0.25) is 6.29 Å². The lowest BCUT2D eigenvalue weighted by Crippen LogP contribution is -2.62. The molecule has 0 spiro atoms. The van der Waals surface area contributed by atoms with Crippen LogP contribution in [0.2, 0.25) is 0 Å². The lowest BCUT2D eigenvalue weighted by Gasteiger charge is -2.45. The number of aliphatic hydroxyl groups excluding tert-OH is 1. The maximum Gasteiger partial charge on any atom is 0.229 e. The maximum absolute atomic E-state index is 10.4. The van der Waals surface area contributed by atoms with Gasteiger partial charge in [-0.05, 0) is 28.8 Å². The predicted octanol–water partition coefficient (Wildman–Crippen LogP) is 5.54. The van der Waals surface area contributed by atoms with Gasteiger partial charge in [-0.15, -0.1) is 0 Å². The minimum Gasteiger partial charge on any atom is -0.462 e. The standard InChI is InChI=1S/C33H34O6/c34-21-29-30(35-22-25-13-5-1-6-14-25)31(36-23-26-15-7-2-8-16-26)32(37-24-27-17-9-3-10-18-27)33(39-29)38-28-19-11-4-12-20-28/h1-20,29-34H,21-24H2/t29-,30-,31+,32-,33-/m1/s1. The van der Waals surface area contributed by atoms with Crippen LogP contribution in [0.15, 0.2) is 121 Å². The fourth-order valence-corrected chi connectivity index (χ4v) is 4.62. The average Bonchev–Trinajstić information content (AvgIpc) is 3.00. The lowest BCUT2D eigenvalue weighted by molar-refractivity contribution is -0.308. The summed E-state index contributed by atoms with van der Waals surface area (Å²) in [6, 6.07) is 39.3. The molecule has 0 aromatic heterocycles. The fourth-order valence-electron chi connectivity index (χ4n) is 4.62. The SMILES string of the molecule is OC[C@H]1O[C@@H](Oc2ccccc2)[C@H](OCc2ccccc2)[C@@H](OCc2ccccc2)[C@@H]1OCc1ccccc1. The first kappa shape index (κ1) is 27.1. The lowest BCUT2D eigenvalue weighted by atomic mass is 9.97. The van der Waals surface area contributed by atoms with E-state index in [4.69, 9.17) is 23.7 Å². The van der Waals surface area contributed by atoms with Gasteiger partial charge in [0.25, 0.3) is 0 Å². The molecular weight excluding hydrogens is 492 g/mol. The van der Waals surface area contributed by atoms with Gasteiger partial charge in [-0.25, -0.2) is 0 Å². The van der Waals surface area contributed by atoms with E-state index in [0.29, 0.717) is 25.6 Å². The Kier molecular flexibility index (Phi) is 9.74. The highest BCUT2D eigenvalue weighted by molar-refractivity contribution is 5.22. The van der Waals surface area contributed by atoms with Crippen LogP contribution in [-0.4, -0.2) is 42.4 Å². The van der Waals surface area contributed by atoms with E-state index < -0.39 is 30.7 Å². The largest absolute Gasteiger partial charge is 0.462 e. The van der Waals surface area contributed by atoms with Gasteiger partial charge in [-0.3, -0.25) is 0 Å². The van der Waals surface area contributed by atoms with E-state index in [1.165, 1.54) is 0 Å². The Bertz CT molecular complexity index is 1220. The van der Waals surface area contributed by atoms with Gasteiger partial charge in [0, 0.05) is 0 Å². The van der Waals surface area contributed by atoms with Crippen LogP contribution in [0.25, 0.3) is 0 Å². The van der Waals surface area contributed by atoms with Crippen LogP contribution in [0.1, 0.15) is 16.7 Å². The molecule has 6 heteroatoms. The first-order valence-electron chi connectivity index (χ1n) is 13.2. The summed E-state index contributed by atoms with van der Waals surface area (Å²) in [5.74, 6) is 0.637.